The Labute approximate surface area is 120 Å². The molecule has 1 fully saturated rings. The zero-order valence-corrected chi connectivity index (χ0v) is 11.4. The Morgan fingerprint density at radius 3 is 3.00 bits per heavy atom. The number of ether oxygens (including phenoxy) is 3. The third-order valence-electron chi connectivity index (χ3n) is 3.08. The fraction of sp³-hybridized carbons (Fsp3) is 0.667. The Morgan fingerprint density at radius 2 is 2.29 bits per heavy atom. The van der Waals surface area contributed by atoms with Gasteiger partial charge in [0.2, 0.25) is 0 Å². The van der Waals surface area contributed by atoms with Crippen molar-refractivity contribution in [2.24, 2.45) is 5.73 Å². The highest BCUT2D eigenvalue weighted by Gasteiger charge is 2.35. The molecule has 21 heavy (non-hydrogen) atoms. The van der Waals surface area contributed by atoms with Crippen molar-refractivity contribution in [1.29, 1.82) is 0 Å². The highest BCUT2D eigenvalue weighted by molar-refractivity contribution is 4.88. The van der Waals surface area contributed by atoms with Crippen LogP contribution in [0.5, 0.6) is 0 Å². The van der Waals surface area contributed by atoms with E-state index in [1.807, 2.05) is 0 Å². The van der Waals surface area contributed by atoms with E-state index in [9.17, 15) is 14.7 Å². The molecule has 0 radical (unpaired) electrons. The number of aromatic amines is 1. The van der Waals surface area contributed by atoms with Crippen LogP contribution in [-0.2, 0) is 14.2 Å². The second kappa shape index (κ2) is 7.48. The molecule has 1 aromatic rings. The van der Waals surface area contributed by atoms with Gasteiger partial charge in [0.25, 0.3) is 5.56 Å². The number of aliphatic hydroxyl groups is 1. The number of aliphatic hydroxyl groups excluding tert-OH is 1. The average Bonchev–Trinajstić information content (AvgIpc) is 2.80. The summed E-state index contributed by atoms with van der Waals surface area (Å²) in [6.45, 7) is 1.000. The van der Waals surface area contributed by atoms with Gasteiger partial charge in [-0.15, -0.1) is 0 Å². The standard InChI is InChI=1S/C12H19N3O6/c13-2-4-19-7-20-6-9-8(16)5-11(21-9)15-3-1-10(17)14-12(15)18/h1,3,8-9,11,16H,2,4-7,13H2,(H,14,17,18)/t8-,9+,11+/m0/s1. The average molecular weight is 301 g/mol. The van der Waals surface area contributed by atoms with E-state index in [0.717, 1.165) is 0 Å². The molecule has 0 unspecified atom stereocenters. The van der Waals surface area contributed by atoms with Gasteiger partial charge in [-0.1, -0.05) is 0 Å². The van der Waals surface area contributed by atoms with Crippen LogP contribution in [-0.4, -0.2) is 53.4 Å². The molecule has 118 valence electrons. The van der Waals surface area contributed by atoms with Crippen molar-refractivity contribution in [3.63, 3.8) is 0 Å². The van der Waals surface area contributed by atoms with Crippen LogP contribution in [0.3, 0.4) is 0 Å². The van der Waals surface area contributed by atoms with E-state index < -0.39 is 29.7 Å². The maximum Gasteiger partial charge on any atom is 0.330 e. The van der Waals surface area contributed by atoms with Crippen molar-refractivity contribution in [3.8, 4) is 0 Å². The monoisotopic (exact) mass is 301 g/mol. The fourth-order valence-electron chi connectivity index (χ4n) is 2.06. The van der Waals surface area contributed by atoms with Crippen molar-refractivity contribution in [2.75, 3.05) is 26.6 Å². The van der Waals surface area contributed by atoms with Gasteiger partial charge >= 0.3 is 5.69 Å². The molecule has 0 spiro atoms. The summed E-state index contributed by atoms with van der Waals surface area (Å²) in [5, 5.41) is 9.92. The van der Waals surface area contributed by atoms with Crippen LogP contribution in [0.15, 0.2) is 21.9 Å². The molecule has 4 N–H and O–H groups in total. The van der Waals surface area contributed by atoms with Gasteiger partial charge in [-0.25, -0.2) is 4.79 Å². The minimum absolute atomic E-state index is 0.0626. The number of hydrogen-bond donors (Lipinski definition) is 3. The molecule has 0 amide bonds. The third-order valence-corrected chi connectivity index (χ3v) is 3.08. The van der Waals surface area contributed by atoms with Crippen molar-refractivity contribution in [2.45, 2.75) is 24.9 Å². The lowest BCUT2D eigenvalue weighted by atomic mass is 10.2. The van der Waals surface area contributed by atoms with E-state index in [0.29, 0.717) is 13.2 Å². The van der Waals surface area contributed by atoms with Gasteiger partial charge in [0, 0.05) is 25.2 Å². The molecule has 3 atom stereocenters. The van der Waals surface area contributed by atoms with Crippen LogP contribution in [0.2, 0.25) is 0 Å². The molecule has 1 aromatic heterocycles. The van der Waals surface area contributed by atoms with Crippen molar-refractivity contribution < 1.29 is 19.3 Å². The van der Waals surface area contributed by atoms with Gasteiger partial charge in [0.05, 0.1) is 19.3 Å². The Morgan fingerprint density at radius 1 is 1.48 bits per heavy atom. The second-order valence-corrected chi connectivity index (χ2v) is 4.64. The maximum atomic E-state index is 11.7. The van der Waals surface area contributed by atoms with Gasteiger partial charge in [-0.3, -0.25) is 14.3 Å². The van der Waals surface area contributed by atoms with E-state index in [1.165, 1.54) is 16.8 Å². The van der Waals surface area contributed by atoms with Crippen molar-refractivity contribution in [3.05, 3.63) is 33.1 Å². The van der Waals surface area contributed by atoms with E-state index >= 15 is 0 Å². The number of aromatic nitrogens is 2. The van der Waals surface area contributed by atoms with E-state index in [1.54, 1.807) is 0 Å². The Balaban J connectivity index is 1.88. The van der Waals surface area contributed by atoms with Crippen LogP contribution in [0.4, 0.5) is 0 Å². The summed E-state index contributed by atoms with van der Waals surface area (Å²) in [4.78, 5) is 24.8. The van der Waals surface area contributed by atoms with Crippen LogP contribution in [0, 0.1) is 0 Å². The zero-order chi connectivity index (χ0) is 15.2. The third kappa shape index (κ3) is 4.22. The lowest BCUT2D eigenvalue weighted by Crippen LogP contribution is -2.32. The van der Waals surface area contributed by atoms with Gasteiger partial charge in [0.1, 0.15) is 19.1 Å². The van der Waals surface area contributed by atoms with Gasteiger partial charge in [-0.2, -0.15) is 0 Å². The zero-order valence-electron chi connectivity index (χ0n) is 11.4. The molecule has 0 saturated carbocycles. The fourth-order valence-corrected chi connectivity index (χ4v) is 2.06. The molecule has 0 aliphatic carbocycles. The first-order chi connectivity index (χ1) is 10.1. The first kappa shape index (κ1) is 15.9. The minimum atomic E-state index is -0.761. The first-order valence-corrected chi connectivity index (χ1v) is 6.62. The van der Waals surface area contributed by atoms with Gasteiger partial charge < -0.3 is 25.1 Å². The maximum absolute atomic E-state index is 11.7. The highest BCUT2D eigenvalue weighted by Crippen LogP contribution is 2.27. The molecule has 2 heterocycles. The number of H-pyrrole nitrogens is 1. The minimum Gasteiger partial charge on any atom is -0.390 e. The summed E-state index contributed by atoms with van der Waals surface area (Å²) in [7, 11) is 0. The molecule has 1 aliphatic rings. The smallest absolute Gasteiger partial charge is 0.330 e. The molecule has 9 heteroatoms. The summed E-state index contributed by atoms with van der Waals surface area (Å²) >= 11 is 0. The Hall–Kier alpha value is -1.52. The predicted octanol–water partition coefficient (Wildman–Crippen LogP) is -1.87. The predicted molar refractivity (Wildman–Crippen MR) is 71.7 cm³/mol. The van der Waals surface area contributed by atoms with Crippen LogP contribution < -0.4 is 17.0 Å². The van der Waals surface area contributed by atoms with E-state index in [-0.39, 0.29) is 19.8 Å². The van der Waals surface area contributed by atoms with E-state index in [2.05, 4.69) is 4.98 Å². The quantitative estimate of drug-likeness (QED) is 0.397. The SMILES string of the molecule is NCCOCOC[C@H]1O[C@@H](n2ccc(=O)[nH]c2=O)C[C@@H]1O. The topological polar surface area (TPSA) is 129 Å². The van der Waals surface area contributed by atoms with Crippen LogP contribution in [0.1, 0.15) is 12.6 Å². The summed E-state index contributed by atoms with van der Waals surface area (Å²) in [5.41, 5.74) is 4.20. The Kier molecular flexibility index (Phi) is 5.65. The molecule has 1 saturated heterocycles. The van der Waals surface area contributed by atoms with E-state index in [4.69, 9.17) is 19.9 Å². The van der Waals surface area contributed by atoms with Crippen molar-refractivity contribution in [1.82, 2.24) is 9.55 Å². The largest absolute Gasteiger partial charge is 0.390 e. The number of nitrogens with one attached hydrogen (secondary N) is 1. The lowest BCUT2D eigenvalue weighted by Gasteiger charge is -2.16. The van der Waals surface area contributed by atoms with Crippen LogP contribution in [0.25, 0.3) is 0 Å². The molecule has 1 aliphatic heterocycles. The highest BCUT2D eigenvalue weighted by atomic mass is 16.7. The normalized spacial score (nSPS) is 25.3. The number of nitrogens with two attached hydrogens (primary N) is 1. The summed E-state index contributed by atoms with van der Waals surface area (Å²) < 4.78 is 17.1. The number of rotatable bonds is 7. The lowest BCUT2D eigenvalue weighted by molar-refractivity contribution is -0.110. The van der Waals surface area contributed by atoms with Gasteiger partial charge in [0.15, 0.2) is 0 Å². The molecule has 9 nitrogen and oxygen atoms in total. The molecular formula is C12H19N3O6. The second-order valence-electron chi connectivity index (χ2n) is 4.64. The summed E-state index contributed by atoms with van der Waals surface area (Å²) in [6.07, 6.45) is -0.378. The Bertz CT molecular complexity index is 556. The molecule has 0 aromatic carbocycles. The summed E-state index contributed by atoms with van der Waals surface area (Å²) in [5.74, 6) is 0. The first-order valence-electron chi connectivity index (χ1n) is 6.62. The number of nitrogens with zero attached hydrogens (tertiary/aromatic N) is 1. The van der Waals surface area contributed by atoms with Crippen LogP contribution >= 0.6 is 0 Å². The van der Waals surface area contributed by atoms with Gasteiger partial charge in [-0.05, 0) is 0 Å². The summed E-state index contributed by atoms with van der Waals surface area (Å²) in [6, 6.07) is 1.22. The molecule has 0 bridgehead atoms. The molecule has 2 rings (SSSR count). The molecular weight excluding hydrogens is 282 g/mol. The van der Waals surface area contributed by atoms with Crippen molar-refractivity contribution >= 4 is 0 Å². The number of hydrogen-bond acceptors (Lipinski definition) is 7.